The van der Waals surface area contributed by atoms with E-state index in [4.69, 9.17) is 23.2 Å². The van der Waals surface area contributed by atoms with Gasteiger partial charge < -0.3 is 5.32 Å². The second-order valence-electron chi connectivity index (χ2n) is 4.02. The van der Waals surface area contributed by atoms with Crippen LogP contribution >= 0.6 is 23.2 Å². The van der Waals surface area contributed by atoms with Gasteiger partial charge in [-0.1, -0.05) is 29.3 Å². The summed E-state index contributed by atoms with van der Waals surface area (Å²) in [6, 6.07) is 9.52. The fraction of sp³-hybridized carbons (Fsp3) is 0.214. The van der Waals surface area contributed by atoms with E-state index >= 15 is 0 Å². The minimum absolute atomic E-state index is 0.712. The van der Waals surface area contributed by atoms with Gasteiger partial charge in [-0.25, -0.2) is 0 Å². The van der Waals surface area contributed by atoms with Crippen molar-refractivity contribution in [3.8, 4) is 0 Å². The molecule has 2 aromatic rings. The van der Waals surface area contributed by atoms with E-state index in [0.717, 1.165) is 30.1 Å². The van der Waals surface area contributed by atoms with Crippen LogP contribution in [-0.4, -0.2) is 11.5 Å². The van der Waals surface area contributed by atoms with Crippen LogP contribution in [0.4, 0.5) is 0 Å². The van der Waals surface area contributed by atoms with Crippen LogP contribution in [-0.2, 0) is 13.0 Å². The number of halogens is 2. The van der Waals surface area contributed by atoms with Gasteiger partial charge in [0.05, 0.1) is 0 Å². The number of aromatic nitrogens is 1. The first-order valence-electron chi connectivity index (χ1n) is 5.79. The van der Waals surface area contributed by atoms with Gasteiger partial charge in [0.2, 0.25) is 0 Å². The molecule has 0 saturated carbocycles. The summed E-state index contributed by atoms with van der Waals surface area (Å²) in [5.74, 6) is 0. The van der Waals surface area contributed by atoms with Crippen LogP contribution in [0.15, 0.2) is 42.7 Å². The van der Waals surface area contributed by atoms with Gasteiger partial charge in [-0.05, 0) is 48.4 Å². The zero-order chi connectivity index (χ0) is 12.8. The summed E-state index contributed by atoms with van der Waals surface area (Å²) in [5, 5.41) is 4.80. The first-order chi connectivity index (χ1) is 8.75. The minimum atomic E-state index is 0.712. The van der Waals surface area contributed by atoms with Gasteiger partial charge in [0.25, 0.3) is 0 Å². The highest BCUT2D eigenvalue weighted by atomic mass is 35.5. The van der Waals surface area contributed by atoms with E-state index in [1.165, 1.54) is 5.56 Å². The summed E-state index contributed by atoms with van der Waals surface area (Å²) in [7, 11) is 0. The third-order valence-electron chi connectivity index (χ3n) is 2.64. The van der Waals surface area contributed by atoms with Gasteiger partial charge in [0.15, 0.2) is 0 Å². The molecule has 2 rings (SSSR count). The number of nitrogens with one attached hydrogen (secondary N) is 1. The Bertz CT molecular complexity index is 500. The van der Waals surface area contributed by atoms with Gasteiger partial charge in [0.1, 0.15) is 0 Å². The van der Waals surface area contributed by atoms with E-state index in [2.05, 4.69) is 16.4 Å². The Labute approximate surface area is 117 Å². The van der Waals surface area contributed by atoms with Gasteiger partial charge in [-0.2, -0.15) is 0 Å². The monoisotopic (exact) mass is 280 g/mol. The summed E-state index contributed by atoms with van der Waals surface area (Å²) in [5.41, 5.74) is 2.25. The van der Waals surface area contributed by atoms with Crippen LogP contribution in [0, 0.1) is 0 Å². The first-order valence-corrected chi connectivity index (χ1v) is 6.55. The maximum Gasteiger partial charge on any atom is 0.0451 e. The molecule has 1 heterocycles. The van der Waals surface area contributed by atoms with E-state index in [9.17, 15) is 0 Å². The molecule has 0 aliphatic rings. The van der Waals surface area contributed by atoms with Crippen LogP contribution in [0.5, 0.6) is 0 Å². The largest absolute Gasteiger partial charge is 0.312 e. The van der Waals surface area contributed by atoms with Crippen molar-refractivity contribution in [1.29, 1.82) is 0 Å². The lowest BCUT2D eigenvalue weighted by Gasteiger charge is -2.07. The van der Waals surface area contributed by atoms with Crippen molar-refractivity contribution < 1.29 is 0 Å². The highest BCUT2D eigenvalue weighted by Crippen LogP contribution is 2.20. The van der Waals surface area contributed by atoms with Crippen molar-refractivity contribution in [2.75, 3.05) is 6.54 Å². The third-order valence-corrected chi connectivity index (χ3v) is 3.24. The average molecular weight is 281 g/mol. The predicted octanol–water partition coefficient (Wildman–Crippen LogP) is 3.72. The molecule has 4 heteroatoms. The summed E-state index contributed by atoms with van der Waals surface area (Å²) >= 11 is 12.0. The van der Waals surface area contributed by atoms with Crippen molar-refractivity contribution >= 4 is 23.2 Å². The molecule has 1 aromatic carbocycles. The Morgan fingerprint density at radius 1 is 1.17 bits per heavy atom. The molecular formula is C14H14Cl2N2. The lowest BCUT2D eigenvalue weighted by atomic mass is 10.2. The number of benzene rings is 1. The molecule has 94 valence electrons. The zero-order valence-corrected chi connectivity index (χ0v) is 11.4. The van der Waals surface area contributed by atoms with Crippen LogP contribution in [0.2, 0.25) is 10.0 Å². The van der Waals surface area contributed by atoms with E-state index in [1.807, 2.05) is 24.4 Å². The maximum atomic E-state index is 6.08. The molecule has 0 aliphatic carbocycles. The molecule has 0 bridgehead atoms. The number of hydrogen-bond donors (Lipinski definition) is 1. The normalized spacial score (nSPS) is 10.6. The molecule has 0 saturated heterocycles. The molecular weight excluding hydrogens is 267 g/mol. The van der Waals surface area contributed by atoms with Crippen LogP contribution in [0.1, 0.15) is 11.1 Å². The number of nitrogens with zero attached hydrogens (tertiary/aromatic N) is 1. The Morgan fingerprint density at radius 3 is 2.83 bits per heavy atom. The lowest BCUT2D eigenvalue weighted by molar-refractivity contribution is 0.686. The molecule has 18 heavy (non-hydrogen) atoms. The van der Waals surface area contributed by atoms with Crippen LogP contribution < -0.4 is 5.32 Å². The van der Waals surface area contributed by atoms with Crippen molar-refractivity contribution in [2.24, 2.45) is 0 Å². The fourth-order valence-corrected chi connectivity index (χ4v) is 2.06. The molecule has 0 atom stereocenters. The van der Waals surface area contributed by atoms with Gasteiger partial charge in [-0.15, -0.1) is 0 Å². The number of pyridine rings is 1. The first kappa shape index (κ1) is 13.3. The average Bonchev–Trinajstić information content (AvgIpc) is 2.40. The highest BCUT2D eigenvalue weighted by molar-refractivity contribution is 6.33. The number of hydrogen-bond acceptors (Lipinski definition) is 2. The maximum absolute atomic E-state index is 6.08. The summed E-state index contributed by atoms with van der Waals surface area (Å²) in [6.07, 6.45) is 4.61. The van der Waals surface area contributed by atoms with Gasteiger partial charge in [0, 0.05) is 29.0 Å². The molecule has 0 aliphatic heterocycles. The zero-order valence-electron chi connectivity index (χ0n) is 9.87. The minimum Gasteiger partial charge on any atom is -0.312 e. The van der Waals surface area contributed by atoms with Crippen molar-refractivity contribution in [3.63, 3.8) is 0 Å². The molecule has 0 amide bonds. The molecule has 0 unspecified atom stereocenters. The molecule has 2 nitrogen and oxygen atoms in total. The van der Waals surface area contributed by atoms with Crippen LogP contribution in [0.3, 0.4) is 0 Å². The third kappa shape index (κ3) is 3.98. The smallest absolute Gasteiger partial charge is 0.0451 e. The summed E-state index contributed by atoms with van der Waals surface area (Å²) < 4.78 is 0. The second-order valence-corrected chi connectivity index (χ2v) is 4.87. The van der Waals surface area contributed by atoms with Crippen molar-refractivity contribution in [1.82, 2.24) is 10.3 Å². The SMILES string of the molecule is Clc1ccc(Cl)c(CNCCc2cccnc2)c1. The highest BCUT2D eigenvalue weighted by Gasteiger charge is 2.00. The molecule has 1 N–H and O–H groups in total. The Morgan fingerprint density at radius 2 is 2.06 bits per heavy atom. The summed E-state index contributed by atoms with van der Waals surface area (Å²) in [4.78, 5) is 4.08. The lowest BCUT2D eigenvalue weighted by Crippen LogP contribution is -2.17. The standard InChI is InChI=1S/C14H14Cl2N2/c15-13-3-4-14(16)12(8-13)10-18-7-5-11-2-1-6-17-9-11/h1-4,6,8-9,18H,5,7,10H2. The predicted molar refractivity (Wildman–Crippen MR) is 76.1 cm³/mol. The van der Waals surface area contributed by atoms with Crippen molar-refractivity contribution in [2.45, 2.75) is 13.0 Å². The summed E-state index contributed by atoms with van der Waals surface area (Å²) in [6.45, 7) is 1.61. The number of rotatable bonds is 5. The molecule has 0 spiro atoms. The van der Waals surface area contributed by atoms with Crippen LogP contribution in [0.25, 0.3) is 0 Å². The van der Waals surface area contributed by atoms with Gasteiger partial charge >= 0.3 is 0 Å². The van der Waals surface area contributed by atoms with E-state index in [1.54, 1.807) is 12.3 Å². The van der Waals surface area contributed by atoms with Gasteiger partial charge in [-0.3, -0.25) is 4.98 Å². The molecule has 0 radical (unpaired) electrons. The van der Waals surface area contributed by atoms with E-state index in [0.29, 0.717) is 5.02 Å². The second kappa shape index (κ2) is 6.74. The Balaban J connectivity index is 1.80. The van der Waals surface area contributed by atoms with E-state index in [-0.39, 0.29) is 0 Å². The molecule has 1 aromatic heterocycles. The Kier molecular flexibility index (Phi) is 5.00. The quantitative estimate of drug-likeness (QED) is 0.845. The molecule has 0 fully saturated rings. The topological polar surface area (TPSA) is 24.9 Å². The van der Waals surface area contributed by atoms with E-state index < -0.39 is 0 Å². The Hall–Kier alpha value is -1.09. The van der Waals surface area contributed by atoms with Crippen molar-refractivity contribution in [3.05, 3.63) is 63.9 Å². The fourth-order valence-electron chi connectivity index (χ4n) is 1.68.